The van der Waals surface area contributed by atoms with Gasteiger partial charge in [-0.15, -0.1) is 0 Å². The van der Waals surface area contributed by atoms with Crippen molar-refractivity contribution in [1.82, 2.24) is 20.2 Å². The zero-order valence-electron chi connectivity index (χ0n) is 21.7. The van der Waals surface area contributed by atoms with Gasteiger partial charge in [0, 0.05) is 31.5 Å². The maximum Gasteiger partial charge on any atom is 0.412 e. The van der Waals surface area contributed by atoms with E-state index in [4.69, 9.17) is 9.47 Å². The van der Waals surface area contributed by atoms with Crippen molar-refractivity contribution in [1.29, 1.82) is 0 Å². The van der Waals surface area contributed by atoms with Gasteiger partial charge >= 0.3 is 12.2 Å². The second-order valence-corrected chi connectivity index (χ2v) is 7.95. The van der Waals surface area contributed by atoms with Crippen molar-refractivity contribution in [3.63, 3.8) is 0 Å². The van der Waals surface area contributed by atoms with Gasteiger partial charge in [0.25, 0.3) is 0 Å². The van der Waals surface area contributed by atoms with E-state index in [1.54, 1.807) is 42.8 Å². The van der Waals surface area contributed by atoms with Gasteiger partial charge in [-0.25, -0.2) is 14.2 Å². The Morgan fingerprint density at radius 1 is 1.21 bits per heavy atom. The van der Waals surface area contributed by atoms with Crippen LogP contribution in [0.3, 0.4) is 0 Å². The number of carbonyl (C=O) groups is 1. The van der Waals surface area contributed by atoms with E-state index in [9.17, 15) is 27.5 Å². The van der Waals surface area contributed by atoms with E-state index in [-0.39, 0.29) is 5.70 Å². The molecule has 0 spiro atoms. The Labute approximate surface area is 222 Å². The largest absolute Gasteiger partial charge is 0.458 e. The number of ether oxygens (including phenoxy) is 2. The molecule has 0 saturated heterocycles. The summed E-state index contributed by atoms with van der Waals surface area (Å²) in [4.78, 5) is 16.5. The van der Waals surface area contributed by atoms with Crippen molar-refractivity contribution in [2.24, 2.45) is 7.05 Å². The lowest BCUT2D eigenvalue weighted by Crippen LogP contribution is -2.33. The number of aromatic nitrogens is 2. The summed E-state index contributed by atoms with van der Waals surface area (Å²) in [5.74, 6) is 0.0882. The molecular formula is C26H29F4N5O4. The molecule has 0 bridgehead atoms. The number of aliphatic hydroxyl groups excluding tert-OH is 1. The molecule has 2 aromatic rings. The molecule has 1 atom stereocenters. The number of alkyl halides is 3. The minimum atomic E-state index is -4.59. The SMILES string of the molecule is C=C(/C=C\C(=C/C)Oc1ccc2c(c1)nc(NC(O)OC)n2C)NC(=O)NC(=C)/C(F)=C\C=C(/C)C(F)(F)F. The Hall–Kier alpha value is -4.36. The highest BCUT2D eigenvalue weighted by molar-refractivity contribution is 5.80. The number of hydrogen-bond donors (Lipinski definition) is 4. The van der Waals surface area contributed by atoms with Crippen LogP contribution in [0.1, 0.15) is 13.8 Å². The molecule has 0 aliphatic heterocycles. The second kappa shape index (κ2) is 13.4. The van der Waals surface area contributed by atoms with Crippen LogP contribution in [0.2, 0.25) is 0 Å². The molecule has 0 aliphatic rings. The molecular weight excluding hydrogens is 522 g/mol. The number of urea groups is 1. The molecule has 0 saturated carbocycles. The van der Waals surface area contributed by atoms with Crippen LogP contribution >= 0.6 is 0 Å². The molecule has 0 radical (unpaired) electrons. The number of nitrogens with zero attached hydrogens (tertiary/aromatic N) is 2. The molecule has 13 heteroatoms. The number of fused-ring (bicyclic) bond motifs is 1. The van der Waals surface area contributed by atoms with Gasteiger partial charge < -0.3 is 35.1 Å². The van der Waals surface area contributed by atoms with E-state index in [1.165, 1.54) is 19.3 Å². The second-order valence-electron chi connectivity index (χ2n) is 7.95. The van der Waals surface area contributed by atoms with Crippen molar-refractivity contribution in [3.8, 4) is 5.75 Å². The minimum Gasteiger partial charge on any atom is -0.458 e. The number of benzene rings is 1. The summed E-state index contributed by atoms with van der Waals surface area (Å²) in [5.41, 5.74) is -0.0812. The number of amides is 2. The van der Waals surface area contributed by atoms with E-state index in [1.807, 2.05) is 0 Å². The third-order valence-corrected chi connectivity index (χ3v) is 5.05. The molecule has 1 unspecified atom stereocenters. The summed E-state index contributed by atoms with van der Waals surface area (Å²) in [6, 6.07) is 4.29. The van der Waals surface area contributed by atoms with Crippen LogP contribution in [0.5, 0.6) is 5.75 Å². The maximum absolute atomic E-state index is 14.0. The highest BCUT2D eigenvalue weighted by Gasteiger charge is 2.29. The number of halogens is 4. The van der Waals surface area contributed by atoms with E-state index in [2.05, 4.69) is 34.1 Å². The lowest BCUT2D eigenvalue weighted by atomic mass is 10.2. The summed E-state index contributed by atoms with van der Waals surface area (Å²) >= 11 is 0. The first-order valence-corrected chi connectivity index (χ1v) is 11.3. The van der Waals surface area contributed by atoms with Gasteiger partial charge in [0.2, 0.25) is 12.4 Å². The number of allylic oxidation sites excluding steroid dienone is 7. The van der Waals surface area contributed by atoms with Crippen LogP contribution < -0.4 is 20.7 Å². The van der Waals surface area contributed by atoms with Crippen LogP contribution in [0.4, 0.5) is 28.3 Å². The number of hydrogen-bond acceptors (Lipinski definition) is 6. The first-order valence-electron chi connectivity index (χ1n) is 11.3. The average molecular weight is 552 g/mol. The zero-order chi connectivity index (χ0) is 29.3. The van der Waals surface area contributed by atoms with Crippen LogP contribution in [0.25, 0.3) is 11.0 Å². The monoisotopic (exact) mass is 551 g/mol. The number of carbonyl (C=O) groups excluding carboxylic acids is 1. The van der Waals surface area contributed by atoms with Crippen molar-refractivity contribution in [2.45, 2.75) is 26.4 Å². The third-order valence-electron chi connectivity index (χ3n) is 5.05. The molecule has 210 valence electrons. The topological polar surface area (TPSA) is 110 Å². The molecule has 4 N–H and O–H groups in total. The van der Waals surface area contributed by atoms with Gasteiger partial charge in [-0.05, 0) is 50.3 Å². The van der Waals surface area contributed by atoms with Gasteiger partial charge in [-0.3, -0.25) is 0 Å². The molecule has 1 aromatic heterocycles. The number of rotatable bonds is 11. The van der Waals surface area contributed by atoms with Crippen LogP contribution in [0.15, 0.2) is 90.3 Å². The fraction of sp³-hybridized carbons (Fsp3) is 0.231. The Balaban J connectivity index is 1.98. The molecule has 9 nitrogen and oxygen atoms in total. The molecule has 2 rings (SSSR count). The molecule has 39 heavy (non-hydrogen) atoms. The molecule has 1 heterocycles. The van der Waals surface area contributed by atoms with Crippen molar-refractivity contribution >= 4 is 23.0 Å². The number of anilines is 1. The number of methoxy groups -OCH3 is 1. The van der Waals surface area contributed by atoms with Crippen molar-refractivity contribution < 1.29 is 36.9 Å². The normalized spacial score (nSPS) is 13.9. The molecule has 1 aromatic carbocycles. The van der Waals surface area contributed by atoms with Crippen molar-refractivity contribution in [3.05, 3.63) is 90.3 Å². The Morgan fingerprint density at radius 2 is 1.90 bits per heavy atom. The van der Waals surface area contributed by atoms with Crippen LogP contribution in [-0.4, -0.2) is 40.4 Å². The Bertz CT molecular complexity index is 1360. The van der Waals surface area contributed by atoms with Crippen molar-refractivity contribution in [2.75, 3.05) is 12.4 Å². The summed E-state index contributed by atoms with van der Waals surface area (Å²) < 4.78 is 63.8. The smallest absolute Gasteiger partial charge is 0.412 e. The lowest BCUT2D eigenvalue weighted by Gasteiger charge is -2.10. The maximum atomic E-state index is 14.0. The lowest BCUT2D eigenvalue weighted by molar-refractivity contribution is -0.0913. The molecule has 0 aliphatic carbocycles. The quantitative estimate of drug-likeness (QED) is 0.128. The zero-order valence-corrected chi connectivity index (χ0v) is 21.7. The van der Waals surface area contributed by atoms with Crippen LogP contribution in [-0.2, 0) is 11.8 Å². The fourth-order valence-electron chi connectivity index (χ4n) is 2.86. The van der Waals surface area contributed by atoms with Gasteiger partial charge in [0.1, 0.15) is 17.3 Å². The summed E-state index contributed by atoms with van der Waals surface area (Å²) in [5, 5.41) is 16.7. The predicted octanol–water partition coefficient (Wildman–Crippen LogP) is 5.43. The number of nitrogens with one attached hydrogen (secondary N) is 3. The fourth-order valence-corrected chi connectivity index (χ4v) is 2.86. The summed E-state index contributed by atoms with van der Waals surface area (Å²) in [6.07, 6.45) is -0.125. The number of imidazole rings is 1. The Morgan fingerprint density at radius 3 is 2.51 bits per heavy atom. The van der Waals surface area contributed by atoms with Gasteiger partial charge in [0.05, 0.1) is 16.7 Å². The average Bonchev–Trinajstić information content (AvgIpc) is 3.17. The standard InChI is InChI=1S/C26H29F4N5O4/c1-7-18(39-19-11-13-22-21(14-19)33-23(35(22)5)34-25(37)38-6)10-9-16(3)31-24(36)32-17(4)20(27)12-8-15(2)26(28,29)30/h7-14,25,37H,3-4H2,1-2,5-6H3,(H,33,34)(H2,31,32,36)/b10-9-,15-8+,18-7+,20-12+. The predicted molar refractivity (Wildman–Crippen MR) is 140 cm³/mol. The number of aryl methyl sites for hydroxylation is 1. The van der Waals surface area contributed by atoms with E-state index in [0.717, 1.165) is 12.4 Å². The summed E-state index contributed by atoms with van der Waals surface area (Å²) in [6.45, 7) is 9.47. The highest BCUT2D eigenvalue weighted by atomic mass is 19.4. The van der Waals surface area contributed by atoms with Gasteiger partial charge in [-0.1, -0.05) is 19.2 Å². The number of aliphatic hydroxyl groups is 1. The van der Waals surface area contributed by atoms with E-state index < -0.39 is 35.7 Å². The van der Waals surface area contributed by atoms with Crippen LogP contribution in [0, 0.1) is 0 Å². The van der Waals surface area contributed by atoms with Gasteiger partial charge in [-0.2, -0.15) is 13.2 Å². The first-order chi connectivity index (χ1) is 18.2. The first kappa shape index (κ1) is 30.9. The summed E-state index contributed by atoms with van der Waals surface area (Å²) in [7, 11) is 3.11. The highest BCUT2D eigenvalue weighted by Crippen LogP contribution is 2.26. The molecule has 0 fully saturated rings. The van der Waals surface area contributed by atoms with E-state index in [0.29, 0.717) is 35.1 Å². The molecule has 2 amide bonds. The van der Waals surface area contributed by atoms with E-state index >= 15 is 0 Å². The minimum absolute atomic E-state index is 0.105. The van der Waals surface area contributed by atoms with Gasteiger partial charge in [0.15, 0.2) is 0 Å². The Kier molecular flexibility index (Phi) is 10.6. The third kappa shape index (κ3) is 9.16.